The minimum Gasteiger partial charge on any atom is -0.325 e. The van der Waals surface area contributed by atoms with Crippen LogP contribution in [0.3, 0.4) is 0 Å². The number of carbonyl (C=O) groups excluding carboxylic acids is 1. The van der Waals surface area contributed by atoms with Gasteiger partial charge in [0.15, 0.2) is 5.16 Å². The van der Waals surface area contributed by atoms with Crippen molar-refractivity contribution < 1.29 is 4.79 Å². The van der Waals surface area contributed by atoms with Crippen molar-refractivity contribution in [1.29, 1.82) is 0 Å². The van der Waals surface area contributed by atoms with E-state index in [1.807, 2.05) is 51.1 Å². The average Bonchev–Trinajstić information content (AvgIpc) is 3.05. The lowest BCUT2D eigenvalue weighted by Crippen LogP contribution is -2.23. The van der Waals surface area contributed by atoms with Crippen molar-refractivity contribution in [3.63, 3.8) is 0 Å². The lowest BCUT2D eigenvalue weighted by molar-refractivity contribution is -0.115. The second-order valence-electron chi connectivity index (χ2n) is 6.87. The van der Waals surface area contributed by atoms with Crippen molar-refractivity contribution in [3.05, 3.63) is 71.0 Å². The van der Waals surface area contributed by atoms with Crippen LogP contribution in [0.2, 0.25) is 0 Å². The van der Waals surface area contributed by atoms with Crippen LogP contribution >= 0.6 is 11.8 Å². The van der Waals surface area contributed by atoms with Crippen molar-refractivity contribution >= 4 is 23.4 Å². The number of hydrogen-bond donors (Lipinski definition) is 1. The smallest absolute Gasteiger partial charge is 0.237 e. The van der Waals surface area contributed by atoms with Crippen LogP contribution < -0.4 is 5.32 Å². The molecule has 1 heterocycles. The Morgan fingerprint density at radius 1 is 1.14 bits per heavy atom. The molecule has 2 aromatic carbocycles. The molecule has 1 aromatic heterocycles. The van der Waals surface area contributed by atoms with Gasteiger partial charge in [-0.15, -0.1) is 10.2 Å². The first kappa shape index (κ1) is 20.1. The van der Waals surface area contributed by atoms with Crippen molar-refractivity contribution in [2.75, 3.05) is 5.32 Å². The number of hydrogen-bond acceptors (Lipinski definition) is 4. The summed E-state index contributed by atoms with van der Waals surface area (Å²) in [5, 5.41) is 12.2. The Morgan fingerprint density at radius 3 is 2.57 bits per heavy atom. The average molecular weight is 395 g/mol. The second-order valence-corrected chi connectivity index (χ2v) is 8.18. The lowest BCUT2D eigenvalue weighted by Gasteiger charge is -2.14. The fraction of sp³-hybridized carbons (Fsp3) is 0.318. The first-order valence-electron chi connectivity index (χ1n) is 9.48. The van der Waals surface area contributed by atoms with E-state index in [4.69, 9.17) is 0 Å². The van der Waals surface area contributed by atoms with Gasteiger partial charge in [0.05, 0.1) is 5.25 Å². The Labute approximate surface area is 170 Å². The number of anilines is 1. The van der Waals surface area contributed by atoms with E-state index in [1.54, 1.807) is 0 Å². The Hall–Kier alpha value is -2.60. The van der Waals surface area contributed by atoms with Gasteiger partial charge in [0.1, 0.15) is 5.82 Å². The number of benzene rings is 2. The zero-order valence-corrected chi connectivity index (χ0v) is 17.6. The molecule has 1 atom stereocenters. The maximum absolute atomic E-state index is 12.7. The zero-order valence-electron chi connectivity index (χ0n) is 16.8. The monoisotopic (exact) mass is 394 g/mol. The molecule has 0 aliphatic heterocycles. The van der Waals surface area contributed by atoms with Gasteiger partial charge in [0.25, 0.3) is 0 Å². The minimum absolute atomic E-state index is 0.0350. The maximum Gasteiger partial charge on any atom is 0.237 e. The van der Waals surface area contributed by atoms with Gasteiger partial charge in [0.2, 0.25) is 5.91 Å². The first-order chi connectivity index (χ1) is 13.5. The molecule has 0 fully saturated rings. The van der Waals surface area contributed by atoms with E-state index in [1.165, 1.54) is 22.9 Å². The summed E-state index contributed by atoms with van der Waals surface area (Å²) in [6.07, 6.45) is 0.728. The van der Waals surface area contributed by atoms with Gasteiger partial charge in [-0.3, -0.25) is 4.79 Å². The van der Waals surface area contributed by atoms with E-state index in [0.717, 1.165) is 35.2 Å². The molecule has 0 bridgehead atoms. The fourth-order valence-electron chi connectivity index (χ4n) is 3.03. The molecular weight excluding hydrogens is 368 g/mol. The number of nitrogens with zero attached hydrogens (tertiary/aromatic N) is 3. The van der Waals surface area contributed by atoms with Crippen LogP contribution in [0.4, 0.5) is 5.69 Å². The topological polar surface area (TPSA) is 59.8 Å². The Morgan fingerprint density at radius 2 is 1.89 bits per heavy atom. The molecule has 3 rings (SSSR count). The third kappa shape index (κ3) is 4.81. The molecule has 0 aliphatic carbocycles. The van der Waals surface area contributed by atoms with E-state index in [0.29, 0.717) is 0 Å². The van der Waals surface area contributed by atoms with Crippen LogP contribution in [0.1, 0.15) is 36.4 Å². The number of thioether (sulfide) groups is 1. The highest BCUT2D eigenvalue weighted by molar-refractivity contribution is 8.00. The Bertz CT molecular complexity index is 952. The van der Waals surface area contributed by atoms with Gasteiger partial charge in [-0.05, 0) is 44.9 Å². The van der Waals surface area contributed by atoms with Crippen LogP contribution in [0.25, 0.3) is 0 Å². The van der Waals surface area contributed by atoms with Crippen LogP contribution in [0, 0.1) is 13.8 Å². The predicted octanol–water partition coefficient (Wildman–Crippen LogP) is 4.62. The summed E-state index contributed by atoms with van der Waals surface area (Å²) in [7, 11) is 0. The summed E-state index contributed by atoms with van der Waals surface area (Å²) in [5.74, 6) is 0.880. The molecular formula is C22H26N4OS. The second kappa shape index (κ2) is 9.06. The Kier molecular flexibility index (Phi) is 6.52. The van der Waals surface area contributed by atoms with Gasteiger partial charge in [0, 0.05) is 18.7 Å². The maximum atomic E-state index is 12.7. The summed E-state index contributed by atoms with van der Waals surface area (Å²) in [6, 6.07) is 16.2. The molecule has 0 aliphatic rings. The number of carbonyl (C=O) groups is 1. The van der Waals surface area contributed by atoms with Crippen molar-refractivity contribution in [2.45, 2.75) is 51.1 Å². The van der Waals surface area contributed by atoms with Crippen LogP contribution in [0.5, 0.6) is 0 Å². The van der Waals surface area contributed by atoms with Crippen LogP contribution in [-0.2, 0) is 17.8 Å². The Balaban J connectivity index is 1.69. The number of nitrogens with one attached hydrogen (secondary N) is 1. The third-order valence-electron chi connectivity index (χ3n) is 4.61. The summed E-state index contributed by atoms with van der Waals surface area (Å²) >= 11 is 1.44. The van der Waals surface area contributed by atoms with Crippen LogP contribution in [-0.4, -0.2) is 25.9 Å². The normalized spacial score (nSPS) is 12.0. The predicted molar refractivity (Wildman–Crippen MR) is 115 cm³/mol. The largest absolute Gasteiger partial charge is 0.325 e. The van der Waals surface area contributed by atoms with Gasteiger partial charge in [-0.1, -0.05) is 59.8 Å². The molecule has 0 radical (unpaired) electrons. The summed E-state index contributed by atoms with van der Waals surface area (Å²) in [5.41, 5.74) is 4.29. The molecule has 0 spiro atoms. The molecule has 3 aromatic rings. The highest BCUT2D eigenvalue weighted by Crippen LogP contribution is 2.25. The highest BCUT2D eigenvalue weighted by Gasteiger charge is 2.20. The number of rotatable bonds is 7. The molecule has 1 N–H and O–H groups in total. The molecule has 5 nitrogen and oxygen atoms in total. The van der Waals surface area contributed by atoms with Crippen molar-refractivity contribution in [2.24, 2.45) is 0 Å². The standard InChI is InChI=1S/C22H26N4OS/c1-5-26-20(14-18-9-7-6-8-10-18)24-25-22(26)28-17(4)21(27)23-19-12-11-15(2)13-16(19)3/h6-13,17H,5,14H2,1-4H3,(H,23,27)/t17-/m1/s1. The lowest BCUT2D eigenvalue weighted by atomic mass is 10.1. The molecule has 0 saturated heterocycles. The van der Waals surface area contributed by atoms with Gasteiger partial charge < -0.3 is 9.88 Å². The van der Waals surface area contributed by atoms with Gasteiger partial charge >= 0.3 is 0 Å². The highest BCUT2D eigenvalue weighted by atomic mass is 32.2. The van der Waals surface area contributed by atoms with E-state index >= 15 is 0 Å². The molecule has 146 valence electrons. The summed E-state index contributed by atoms with van der Waals surface area (Å²) in [4.78, 5) is 12.7. The number of amides is 1. The molecule has 6 heteroatoms. The summed E-state index contributed by atoms with van der Waals surface area (Å²) in [6.45, 7) is 8.78. The van der Waals surface area contributed by atoms with Crippen molar-refractivity contribution in [1.82, 2.24) is 14.8 Å². The van der Waals surface area contributed by atoms with Gasteiger partial charge in [-0.25, -0.2) is 0 Å². The number of aryl methyl sites for hydroxylation is 2. The van der Waals surface area contributed by atoms with E-state index < -0.39 is 0 Å². The summed E-state index contributed by atoms with van der Waals surface area (Å²) < 4.78 is 2.08. The SMILES string of the molecule is CCn1c(Cc2ccccc2)nnc1S[C@H](C)C(=O)Nc1ccc(C)cc1C. The number of aromatic nitrogens is 3. The molecule has 1 amide bonds. The van der Waals surface area contributed by atoms with Gasteiger partial charge in [-0.2, -0.15) is 0 Å². The third-order valence-corrected chi connectivity index (χ3v) is 5.69. The first-order valence-corrected chi connectivity index (χ1v) is 10.4. The molecule has 0 unspecified atom stereocenters. The van der Waals surface area contributed by atoms with E-state index in [2.05, 4.69) is 45.2 Å². The van der Waals surface area contributed by atoms with E-state index in [-0.39, 0.29) is 11.2 Å². The minimum atomic E-state index is -0.278. The zero-order chi connectivity index (χ0) is 20.1. The quantitative estimate of drug-likeness (QED) is 0.594. The fourth-order valence-corrected chi connectivity index (χ4v) is 3.96. The van der Waals surface area contributed by atoms with E-state index in [9.17, 15) is 4.79 Å². The molecule has 28 heavy (non-hydrogen) atoms. The van der Waals surface area contributed by atoms with Crippen LogP contribution in [0.15, 0.2) is 53.7 Å². The van der Waals surface area contributed by atoms with Crippen molar-refractivity contribution in [3.8, 4) is 0 Å². The molecule has 0 saturated carbocycles.